The molecule has 0 fully saturated rings. The molecule has 0 radical (unpaired) electrons. The van der Waals surface area contributed by atoms with Crippen LogP contribution in [-0.2, 0) is 4.79 Å². The van der Waals surface area contributed by atoms with Crippen LogP contribution in [-0.4, -0.2) is 37.0 Å². The molecule has 0 heterocycles. The monoisotopic (exact) mass is 426 g/mol. The van der Waals surface area contributed by atoms with Gasteiger partial charge >= 0.3 is 5.97 Å². The summed E-state index contributed by atoms with van der Waals surface area (Å²) in [5.41, 5.74) is 7.60. The first kappa shape index (κ1) is 23.9. The number of hydrogen-bond donors (Lipinski definition) is 3. The van der Waals surface area contributed by atoms with Crippen molar-refractivity contribution in [1.82, 2.24) is 5.32 Å². The number of ether oxygens (including phenoxy) is 1. The number of carbonyl (C=O) groups is 3. The highest BCUT2D eigenvalue weighted by molar-refractivity contribution is 5.98. The average Bonchev–Trinajstić information content (AvgIpc) is 2.77. The Kier molecular flexibility index (Phi) is 8.61. The minimum absolute atomic E-state index is 0.0919. The van der Waals surface area contributed by atoms with Crippen molar-refractivity contribution in [2.45, 2.75) is 44.4 Å². The number of aromatic carboxylic acids is 1. The molecule has 0 saturated carbocycles. The van der Waals surface area contributed by atoms with E-state index >= 15 is 0 Å². The lowest BCUT2D eigenvalue weighted by atomic mass is 9.76. The molecule has 0 aliphatic rings. The van der Waals surface area contributed by atoms with E-state index in [4.69, 9.17) is 10.5 Å². The fourth-order valence-corrected chi connectivity index (χ4v) is 3.94. The van der Waals surface area contributed by atoms with Gasteiger partial charge in [-0.05, 0) is 35.7 Å². The summed E-state index contributed by atoms with van der Waals surface area (Å²) >= 11 is 0. The van der Waals surface area contributed by atoms with E-state index in [0.717, 1.165) is 19.3 Å². The van der Waals surface area contributed by atoms with Crippen molar-refractivity contribution < 1.29 is 24.2 Å². The molecule has 2 amide bonds. The fourth-order valence-electron chi connectivity index (χ4n) is 3.94. The van der Waals surface area contributed by atoms with Gasteiger partial charge in [-0.25, -0.2) is 4.79 Å². The van der Waals surface area contributed by atoms with Crippen molar-refractivity contribution in [3.8, 4) is 5.75 Å². The maximum absolute atomic E-state index is 12.7. The number of carboxylic acids is 1. The van der Waals surface area contributed by atoms with Crippen molar-refractivity contribution in [1.29, 1.82) is 0 Å². The van der Waals surface area contributed by atoms with Crippen molar-refractivity contribution in [3.63, 3.8) is 0 Å². The zero-order valence-electron chi connectivity index (χ0n) is 18.2. The Hall–Kier alpha value is -3.35. The molecular weight excluding hydrogens is 396 g/mol. The van der Waals surface area contributed by atoms with E-state index in [9.17, 15) is 19.5 Å². The first-order chi connectivity index (χ1) is 14.8. The predicted molar refractivity (Wildman–Crippen MR) is 119 cm³/mol. The summed E-state index contributed by atoms with van der Waals surface area (Å²) in [6, 6.07) is 11.5. The van der Waals surface area contributed by atoms with Crippen LogP contribution in [0, 0.1) is 0 Å². The van der Waals surface area contributed by atoms with E-state index in [0.29, 0.717) is 28.9 Å². The summed E-state index contributed by atoms with van der Waals surface area (Å²) in [5, 5.41) is 11.9. The molecule has 31 heavy (non-hydrogen) atoms. The number of hydrogen-bond acceptors (Lipinski definition) is 4. The highest BCUT2D eigenvalue weighted by atomic mass is 16.5. The number of benzene rings is 2. The second-order valence-electron chi connectivity index (χ2n) is 7.41. The van der Waals surface area contributed by atoms with Gasteiger partial charge in [0.1, 0.15) is 5.75 Å². The minimum atomic E-state index is -1.07. The third kappa shape index (κ3) is 5.63. The largest absolute Gasteiger partial charge is 0.496 e. The van der Waals surface area contributed by atoms with Crippen LogP contribution in [0.4, 0.5) is 0 Å². The number of nitrogens with one attached hydrogen (secondary N) is 1. The number of rotatable bonds is 11. The lowest BCUT2D eigenvalue weighted by Gasteiger charge is -2.28. The lowest BCUT2D eigenvalue weighted by molar-refractivity contribution is -0.120. The summed E-state index contributed by atoms with van der Waals surface area (Å²) in [4.78, 5) is 36.6. The topological polar surface area (TPSA) is 119 Å². The second-order valence-corrected chi connectivity index (χ2v) is 7.41. The van der Waals surface area contributed by atoms with E-state index in [1.165, 1.54) is 26.3 Å². The summed E-state index contributed by atoms with van der Waals surface area (Å²) in [6.45, 7) is 2.09. The summed E-state index contributed by atoms with van der Waals surface area (Å²) < 4.78 is 5.49. The maximum atomic E-state index is 12.7. The highest BCUT2D eigenvalue weighted by Gasteiger charge is 2.34. The van der Waals surface area contributed by atoms with Gasteiger partial charge in [0.25, 0.3) is 5.91 Å². The number of amides is 2. The van der Waals surface area contributed by atoms with Gasteiger partial charge in [0.05, 0.1) is 18.6 Å². The molecule has 0 bridgehead atoms. The van der Waals surface area contributed by atoms with Crippen LogP contribution in [0.15, 0.2) is 42.5 Å². The molecule has 166 valence electrons. The Labute approximate surface area is 182 Å². The van der Waals surface area contributed by atoms with E-state index in [1.54, 1.807) is 30.3 Å². The normalized spacial score (nSPS) is 12.6. The van der Waals surface area contributed by atoms with Gasteiger partial charge in [0, 0.05) is 18.5 Å². The number of methoxy groups -OCH3 is 1. The summed E-state index contributed by atoms with van der Waals surface area (Å²) in [5.74, 6) is -2.71. The molecule has 0 aliphatic carbocycles. The van der Waals surface area contributed by atoms with Crippen LogP contribution in [0.25, 0.3) is 0 Å². The molecule has 2 rings (SSSR count). The summed E-state index contributed by atoms with van der Waals surface area (Å²) in [7, 11) is 3.00. The average molecular weight is 427 g/mol. The number of carbonyl (C=O) groups excluding carboxylic acids is 2. The number of primary amides is 1. The van der Waals surface area contributed by atoms with Crippen LogP contribution in [0.5, 0.6) is 5.75 Å². The molecule has 2 unspecified atom stereocenters. The van der Waals surface area contributed by atoms with Gasteiger partial charge in [-0.1, -0.05) is 50.5 Å². The number of carboxylic acid groups (broad SMARTS) is 1. The zero-order valence-corrected chi connectivity index (χ0v) is 18.2. The highest BCUT2D eigenvalue weighted by Crippen LogP contribution is 2.42. The Morgan fingerprint density at radius 1 is 1.10 bits per heavy atom. The van der Waals surface area contributed by atoms with Crippen LogP contribution in [0.1, 0.15) is 76.3 Å². The molecule has 7 heteroatoms. The second kappa shape index (κ2) is 11.2. The van der Waals surface area contributed by atoms with Crippen molar-refractivity contribution in [2.24, 2.45) is 5.73 Å². The van der Waals surface area contributed by atoms with E-state index in [-0.39, 0.29) is 17.4 Å². The predicted octanol–water partition coefficient (Wildman–Crippen LogP) is 3.69. The summed E-state index contributed by atoms with van der Waals surface area (Å²) in [6.07, 6.45) is 3.44. The molecule has 2 aromatic rings. The third-order valence-corrected chi connectivity index (χ3v) is 5.48. The van der Waals surface area contributed by atoms with Crippen molar-refractivity contribution in [3.05, 3.63) is 64.7 Å². The molecule has 2 atom stereocenters. The first-order valence-electron chi connectivity index (χ1n) is 10.4. The van der Waals surface area contributed by atoms with Gasteiger partial charge in [-0.3, -0.25) is 9.59 Å². The molecule has 0 saturated heterocycles. The smallest absolute Gasteiger partial charge is 0.335 e. The van der Waals surface area contributed by atoms with Crippen molar-refractivity contribution in [2.75, 3.05) is 14.2 Å². The Morgan fingerprint density at radius 2 is 1.81 bits per heavy atom. The van der Waals surface area contributed by atoms with Crippen LogP contribution in [0.3, 0.4) is 0 Å². The van der Waals surface area contributed by atoms with Gasteiger partial charge in [-0.15, -0.1) is 0 Å². The van der Waals surface area contributed by atoms with Gasteiger partial charge in [-0.2, -0.15) is 0 Å². The zero-order chi connectivity index (χ0) is 23.0. The standard InChI is InChI=1S/C24H30N2O5/c1-4-5-6-9-17(16-13-12-15(24(29)30)14-20(16)31-3)21(22(25)27)18-10-7-8-11-19(18)23(28)26-2/h7-8,10-14,17,21H,4-6,9H2,1-3H3,(H2,25,27)(H,26,28)(H,29,30). The molecule has 2 aromatic carbocycles. The lowest BCUT2D eigenvalue weighted by Crippen LogP contribution is -2.30. The van der Waals surface area contributed by atoms with Gasteiger partial charge in [0.2, 0.25) is 5.91 Å². The molecule has 0 aliphatic heterocycles. The van der Waals surface area contributed by atoms with Crippen LogP contribution >= 0.6 is 0 Å². The molecule has 0 aromatic heterocycles. The number of nitrogens with two attached hydrogens (primary N) is 1. The van der Waals surface area contributed by atoms with Crippen LogP contribution in [0.2, 0.25) is 0 Å². The van der Waals surface area contributed by atoms with Gasteiger partial charge in [0.15, 0.2) is 0 Å². The SMILES string of the molecule is CCCCCC(c1ccc(C(=O)O)cc1OC)C(C(N)=O)c1ccccc1C(=O)NC. The van der Waals surface area contributed by atoms with E-state index in [2.05, 4.69) is 12.2 Å². The maximum Gasteiger partial charge on any atom is 0.335 e. The third-order valence-electron chi connectivity index (χ3n) is 5.48. The Morgan fingerprint density at radius 3 is 2.39 bits per heavy atom. The van der Waals surface area contributed by atoms with Gasteiger partial charge < -0.3 is 20.9 Å². The van der Waals surface area contributed by atoms with Crippen molar-refractivity contribution >= 4 is 17.8 Å². The Bertz CT molecular complexity index is 941. The first-order valence-corrected chi connectivity index (χ1v) is 10.4. The molecule has 4 N–H and O–H groups in total. The quantitative estimate of drug-likeness (QED) is 0.474. The Balaban J connectivity index is 2.67. The van der Waals surface area contributed by atoms with E-state index in [1.807, 2.05) is 0 Å². The fraction of sp³-hybridized carbons (Fsp3) is 0.375. The number of unbranched alkanes of at least 4 members (excludes halogenated alkanes) is 2. The van der Waals surface area contributed by atoms with E-state index < -0.39 is 17.8 Å². The minimum Gasteiger partial charge on any atom is -0.496 e. The molecule has 0 spiro atoms. The molecular formula is C24H30N2O5. The van der Waals surface area contributed by atoms with Crippen LogP contribution < -0.4 is 15.8 Å². The molecule has 7 nitrogen and oxygen atoms in total.